The number of nitrogens with zero attached hydrogens (tertiary/aromatic N) is 3. The summed E-state index contributed by atoms with van der Waals surface area (Å²) in [5.41, 5.74) is -2.53. The molecule has 0 N–H and O–H groups in total. The molecule has 1 saturated heterocycles. The van der Waals surface area contributed by atoms with Crippen molar-refractivity contribution in [2.45, 2.75) is 136 Å². The smallest absolute Gasteiger partial charge is 0.420 e. The minimum absolute atomic E-state index is 0.0984. The molecule has 0 bridgehead atoms. The second-order valence-corrected chi connectivity index (χ2v) is 14.5. The highest BCUT2D eigenvalue weighted by Gasteiger charge is 2.51. The molecule has 0 spiro atoms. The lowest BCUT2D eigenvalue weighted by Crippen LogP contribution is -2.60. The molecule has 0 saturated carbocycles. The van der Waals surface area contributed by atoms with Gasteiger partial charge in [-0.3, -0.25) is 19.2 Å². The van der Waals surface area contributed by atoms with Crippen LogP contribution in [0.3, 0.4) is 0 Å². The van der Waals surface area contributed by atoms with Gasteiger partial charge in [0.25, 0.3) is 0 Å². The number of imidazole rings is 1. The Morgan fingerprint density at radius 1 is 1.10 bits per heavy atom. The molecular weight excluding hydrogens is 662 g/mol. The Morgan fingerprint density at radius 2 is 1.76 bits per heavy atom. The van der Waals surface area contributed by atoms with Crippen molar-refractivity contribution in [2.24, 2.45) is 17.8 Å². The van der Waals surface area contributed by atoms with E-state index in [9.17, 15) is 24.0 Å². The number of methoxy groups -OCH3 is 1. The zero-order chi connectivity index (χ0) is 38.4. The zero-order valence-electron chi connectivity index (χ0n) is 32.2. The van der Waals surface area contributed by atoms with Gasteiger partial charge < -0.3 is 33.3 Å². The van der Waals surface area contributed by atoms with Crippen LogP contribution < -0.4 is 0 Å². The first kappa shape index (κ1) is 42.0. The Kier molecular flexibility index (Phi) is 14.3. The quantitative estimate of drug-likeness (QED) is 0.210. The predicted molar refractivity (Wildman–Crippen MR) is 185 cm³/mol. The zero-order valence-corrected chi connectivity index (χ0v) is 32.2. The summed E-state index contributed by atoms with van der Waals surface area (Å²) in [5, 5.41) is 0. The lowest BCUT2D eigenvalue weighted by Gasteiger charge is -2.47. The number of hydrogen-bond donors (Lipinski definition) is 0. The predicted octanol–water partition coefficient (Wildman–Crippen LogP) is 4.52. The normalized spacial score (nSPS) is 36.8. The number of esters is 2. The number of cyclic esters (lactones) is 1. The van der Waals surface area contributed by atoms with E-state index in [0.29, 0.717) is 12.0 Å². The SMILES string of the molecule is CC/C1=C\[C@](C)(OC(=O)n2ccnc2)[C@@H](CC)OC(=O)[C@H](C)C(=O)[C@H](C)[C@@H](O[C@@H]2O[C@H](C)C[C@H](N(C)C)[C@H]2OC(C)=O)[C@@](C)(OC)C[C@@H](C)C1=O. The number of aromatic nitrogens is 2. The third-order valence-corrected chi connectivity index (χ3v) is 10.2. The van der Waals surface area contributed by atoms with Crippen LogP contribution in [0.1, 0.15) is 88.0 Å². The van der Waals surface area contributed by atoms with Gasteiger partial charge in [-0.25, -0.2) is 14.3 Å². The van der Waals surface area contributed by atoms with E-state index >= 15 is 0 Å². The molecule has 11 atom stereocenters. The molecule has 1 fully saturated rings. The van der Waals surface area contributed by atoms with E-state index in [1.807, 2.05) is 32.8 Å². The summed E-state index contributed by atoms with van der Waals surface area (Å²) in [6.45, 7) is 14.9. The molecule has 286 valence electrons. The summed E-state index contributed by atoms with van der Waals surface area (Å²) >= 11 is 0. The van der Waals surface area contributed by atoms with E-state index in [-0.39, 0.29) is 37.2 Å². The fraction of sp³-hybridized carbons (Fsp3) is 0.730. The van der Waals surface area contributed by atoms with Crippen LogP contribution in [0.25, 0.3) is 0 Å². The Balaban J connectivity index is 2.17. The minimum atomic E-state index is -1.59. The van der Waals surface area contributed by atoms with Crippen LogP contribution in [0.2, 0.25) is 0 Å². The van der Waals surface area contributed by atoms with Crippen LogP contribution in [0.4, 0.5) is 4.79 Å². The second-order valence-electron chi connectivity index (χ2n) is 14.5. The summed E-state index contributed by atoms with van der Waals surface area (Å²) in [6.07, 6.45) is 1.63. The van der Waals surface area contributed by atoms with E-state index in [1.165, 1.54) is 39.7 Å². The van der Waals surface area contributed by atoms with Gasteiger partial charge in [0, 0.05) is 38.3 Å². The molecular formula is C37H57N3O11. The largest absolute Gasteiger partial charge is 0.457 e. The number of likely N-dealkylation sites (N-methyl/N-ethyl adjacent to an activating group) is 1. The van der Waals surface area contributed by atoms with Crippen LogP contribution in [-0.2, 0) is 47.6 Å². The Hall–Kier alpha value is -3.46. The molecule has 1 aromatic heterocycles. The van der Waals surface area contributed by atoms with Crippen molar-refractivity contribution in [3.63, 3.8) is 0 Å². The van der Waals surface area contributed by atoms with Crippen molar-refractivity contribution in [3.05, 3.63) is 30.4 Å². The van der Waals surface area contributed by atoms with Gasteiger partial charge in [-0.1, -0.05) is 27.7 Å². The minimum Gasteiger partial charge on any atom is -0.457 e. The number of carbonyl (C=O) groups excluding carboxylic acids is 5. The maximum absolute atomic E-state index is 14.3. The van der Waals surface area contributed by atoms with Crippen molar-refractivity contribution < 1.29 is 52.4 Å². The molecule has 1 aromatic rings. The van der Waals surface area contributed by atoms with Gasteiger partial charge in [0.05, 0.1) is 23.9 Å². The average Bonchev–Trinajstić information content (AvgIpc) is 3.62. The molecule has 2 aliphatic rings. The summed E-state index contributed by atoms with van der Waals surface area (Å²) in [4.78, 5) is 73.6. The number of ketones is 2. The summed E-state index contributed by atoms with van der Waals surface area (Å²) < 4.78 is 37.9. The van der Waals surface area contributed by atoms with Gasteiger partial charge in [0.15, 0.2) is 29.6 Å². The van der Waals surface area contributed by atoms with Crippen molar-refractivity contribution >= 4 is 29.6 Å². The molecule has 0 unspecified atom stereocenters. The highest BCUT2D eigenvalue weighted by atomic mass is 16.7. The monoisotopic (exact) mass is 719 g/mol. The first-order chi connectivity index (χ1) is 23.8. The maximum Gasteiger partial charge on any atom is 0.420 e. The lowest BCUT2D eigenvalue weighted by atomic mass is 9.76. The molecule has 0 radical (unpaired) electrons. The first-order valence-corrected chi connectivity index (χ1v) is 17.7. The molecule has 0 amide bonds. The molecule has 0 aromatic carbocycles. The van der Waals surface area contributed by atoms with Gasteiger partial charge in [-0.15, -0.1) is 0 Å². The lowest BCUT2D eigenvalue weighted by molar-refractivity contribution is -0.297. The number of ether oxygens (including phenoxy) is 6. The molecule has 3 heterocycles. The highest BCUT2D eigenvalue weighted by molar-refractivity contribution is 6.00. The van der Waals surface area contributed by atoms with E-state index in [1.54, 1.807) is 40.7 Å². The van der Waals surface area contributed by atoms with Gasteiger partial charge in [0.2, 0.25) is 0 Å². The third kappa shape index (κ3) is 9.70. The third-order valence-electron chi connectivity index (χ3n) is 10.2. The molecule has 51 heavy (non-hydrogen) atoms. The van der Waals surface area contributed by atoms with Gasteiger partial charge >= 0.3 is 18.0 Å². The maximum atomic E-state index is 14.3. The van der Waals surface area contributed by atoms with E-state index in [2.05, 4.69) is 4.98 Å². The molecule has 14 nitrogen and oxygen atoms in total. The fourth-order valence-electron chi connectivity index (χ4n) is 7.22. The van der Waals surface area contributed by atoms with E-state index in [4.69, 9.17) is 28.4 Å². The summed E-state index contributed by atoms with van der Waals surface area (Å²) in [7, 11) is 5.21. The Morgan fingerprint density at radius 3 is 2.29 bits per heavy atom. The highest BCUT2D eigenvalue weighted by Crippen LogP contribution is 2.38. The standard InChI is InChI=1S/C37H57N3O11/c1-13-26-19-36(8,51-35(45)40-16-15-38-20-40)28(14-2)49-33(44)24(6)30(43)23(5)32(37(9,46-12)18-21(3)29(26)42)50-34-31(48-25(7)41)27(39(10)11)17-22(4)47-34/h15-16,19-24,27-28,31-32,34H,13-14,17-18H2,1-12H3/b26-19+/t21-,22-,23+,24-,27+,28-,31-,32-,34+,36+,37+/m1/s1. The number of carbonyl (C=O) groups is 5. The Labute approximate surface area is 301 Å². The van der Waals surface area contributed by atoms with Crippen LogP contribution in [0.5, 0.6) is 0 Å². The number of Topliss-reactive ketones (excluding diaryl/α,β-unsaturated/α-hetero) is 2. The van der Waals surface area contributed by atoms with E-state index in [0.717, 1.165) is 4.57 Å². The van der Waals surface area contributed by atoms with Crippen LogP contribution in [0.15, 0.2) is 30.4 Å². The van der Waals surface area contributed by atoms with Crippen LogP contribution in [0, 0.1) is 17.8 Å². The van der Waals surface area contributed by atoms with Crippen molar-refractivity contribution in [2.75, 3.05) is 21.2 Å². The van der Waals surface area contributed by atoms with Crippen molar-refractivity contribution in [1.82, 2.24) is 14.5 Å². The van der Waals surface area contributed by atoms with E-state index < -0.39 is 77.4 Å². The number of rotatable bonds is 8. The van der Waals surface area contributed by atoms with Gasteiger partial charge in [-0.05, 0) is 79.1 Å². The summed E-state index contributed by atoms with van der Waals surface area (Å²) in [6, 6.07) is -0.268. The van der Waals surface area contributed by atoms with Crippen molar-refractivity contribution in [3.8, 4) is 0 Å². The van der Waals surface area contributed by atoms with Gasteiger partial charge in [0.1, 0.15) is 18.3 Å². The number of hydrogen-bond acceptors (Lipinski definition) is 13. The summed E-state index contributed by atoms with van der Waals surface area (Å²) in [5.74, 6) is -5.04. The Bertz CT molecular complexity index is 1430. The average molecular weight is 720 g/mol. The number of allylic oxidation sites excluding steroid dienone is 1. The van der Waals surface area contributed by atoms with Crippen molar-refractivity contribution in [1.29, 1.82) is 0 Å². The molecule has 0 aliphatic carbocycles. The first-order valence-electron chi connectivity index (χ1n) is 17.7. The molecule has 2 aliphatic heterocycles. The van der Waals surface area contributed by atoms with Gasteiger partial charge in [-0.2, -0.15) is 0 Å². The molecule has 14 heteroatoms. The second kappa shape index (κ2) is 17.4. The fourth-order valence-corrected chi connectivity index (χ4v) is 7.22. The molecule has 3 rings (SSSR count). The van der Waals surface area contributed by atoms with Crippen LogP contribution in [-0.4, -0.2) is 113 Å². The van der Waals surface area contributed by atoms with Crippen LogP contribution >= 0.6 is 0 Å². The topological polar surface area (TPSA) is 162 Å².